The van der Waals surface area contributed by atoms with E-state index in [1.165, 1.54) is 0 Å². The summed E-state index contributed by atoms with van der Waals surface area (Å²) >= 11 is 0. The molecular weight excluding hydrogens is 288 g/mol. The first-order valence-corrected chi connectivity index (χ1v) is 9.08. The molecule has 1 aliphatic rings. The Hall–Kier alpha value is -0.920. The van der Waals surface area contributed by atoms with Crippen LogP contribution < -0.4 is 4.72 Å². The maximum absolute atomic E-state index is 12.6. The first kappa shape index (κ1) is 16.5. The molecule has 1 aliphatic heterocycles. The fourth-order valence-electron chi connectivity index (χ4n) is 3.01. The van der Waals surface area contributed by atoms with E-state index in [9.17, 15) is 8.42 Å². The minimum atomic E-state index is -3.48. The molecule has 1 saturated heterocycles. The highest BCUT2D eigenvalue weighted by Gasteiger charge is 2.28. The standard InChI is InChI=1S/C14H26N4O2S/c1-5-8-18-9-6-13(7-10-18)16-21(19,20)14-11(2)15-17(4)12(14)3/h13,16H,5-10H2,1-4H3. The number of sulfonamides is 1. The van der Waals surface area contributed by atoms with Gasteiger partial charge in [0, 0.05) is 13.1 Å². The zero-order chi connectivity index (χ0) is 15.6. The van der Waals surface area contributed by atoms with Gasteiger partial charge in [0.2, 0.25) is 10.0 Å². The van der Waals surface area contributed by atoms with Crippen molar-refractivity contribution in [1.29, 1.82) is 0 Å². The number of aryl methyl sites for hydroxylation is 2. The summed E-state index contributed by atoms with van der Waals surface area (Å²) < 4.78 is 29.6. The summed E-state index contributed by atoms with van der Waals surface area (Å²) in [7, 11) is -1.71. The van der Waals surface area contributed by atoms with Gasteiger partial charge in [-0.3, -0.25) is 4.68 Å². The Labute approximate surface area is 127 Å². The smallest absolute Gasteiger partial charge is 0.244 e. The molecule has 0 saturated carbocycles. The molecule has 0 atom stereocenters. The topological polar surface area (TPSA) is 67.2 Å². The first-order chi connectivity index (χ1) is 9.85. The number of nitrogens with one attached hydrogen (secondary N) is 1. The van der Waals surface area contributed by atoms with Gasteiger partial charge in [-0.2, -0.15) is 5.10 Å². The Morgan fingerprint density at radius 1 is 1.29 bits per heavy atom. The van der Waals surface area contributed by atoms with E-state index in [2.05, 4.69) is 21.6 Å². The molecule has 0 bridgehead atoms. The van der Waals surface area contributed by atoms with Crippen LogP contribution >= 0.6 is 0 Å². The number of nitrogens with zero attached hydrogens (tertiary/aromatic N) is 3. The molecule has 7 heteroatoms. The number of hydrogen-bond acceptors (Lipinski definition) is 4. The second kappa shape index (κ2) is 6.46. The van der Waals surface area contributed by atoms with Crippen molar-refractivity contribution in [3.05, 3.63) is 11.4 Å². The highest BCUT2D eigenvalue weighted by Crippen LogP contribution is 2.20. The van der Waals surface area contributed by atoms with Gasteiger partial charge in [0.25, 0.3) is 0 Å². The third-order valence-electron chi connectivity index (χ3n) is 4.16. The lowest BCUT2D eigenvalue weighted by atomic mass is 10.1. The summed E-state index contributed by atoms with van der Waals surface area (Å²) in [5.74, 6) is 0. The van der Waals surface area contributed by atoms with Crippen LogP contribution in [0, 0.1) is 13.8 Å². The van der Waals surface area contributed by atoms with Crippen LogP contribution in [0.2, 0.25) is 0 Å². The molecule has 21 heavy (non-hydrogen) atoms. The average Bonchev–Trinajstić information content (AvgIpc) is 2.66. The summed E-state index contributed by atoms with van der Waals surface area (Å²) in [6.45, 7) is 8.73. The van der Waals surface area contributed by atoms with Crippen molar-refractivity contribution in [1.82, 2.24) is 19.4 Å². The molecule has 2 rings (SSSR count). The first-order valence-electron chi connectivity index (χ1n) is 7.60. The third-order valence-corrected chi connectivity index (χ3v) is 5.93. The molecule has 1 N–H and O–H groups in total. The van der Waals surface area contributed by atoms with E-state index in [1.807, 2.05) is 0 Å². The zero-order valence-corrected chi connectivity index (χ0v) is 14.2. The molecule has 0 spiro atoms. The van der Waals surface area contributed by atoms with Crippen LogP contribution in [-0.2, 0) is 17.1 Å². The van der Waals surface area contributed by atoms with E-state index in [0.29, 0.717) is 16.3 Å². The van der Waals surface area contributed by atoms with Crippen LogP contribution in [0.3, 0.4) is 0 Å². The lowest BCUT2D eigenvalue weighted by Crippen LogP contribution is -2.44. The summed E-state index contributed by atoms with van der Waals surface area (Å²) in [6, 6.07) is 0.0297. The highest BCUT2D eigenvalue weighted by molar-refractivity contribution is 7.89. The van der Waals surface area contributed by atoms with Crippen LogP contribution in [0.1, 0.15) is 37.6 Å². The van der Waals surface area contributed by atoms with Crippen molar-refractivity contribution in [2.45, 2.75) is 51.0 Å². The van der Waals surface area contributed by atoms with Crippen LogP contribution in [-0.4, -0.2) is 48.8 Å². The fraction of sp³-hybridized carbons (Fsp3) is 0.786. The molecule has 0 unspecified atom stereocenters. The van der Waals surface area contributed by atoms with Crippen molar-refractivity contribution in [3.63, 3.8) is 0 Å². The summed E-state index contributed by atoms with van der Waals surface area (Å²) in [6.07, 6.45) is 2.89. The number of likely N-dealkylation sites (tertiary alicyclic amines) is 1. The Kier molecular flexibility index (Phi) is 5.06. The van der Waals surface area contributed by atoms with Gasteiger partial charge in [-0.05, 0) is 52.7 Å². The van der Waals surface area contributed by atoms with Crippen LogP contribution in [0.25, 0.3) is 0 Å². The highest BCUT2D eigenvalue weighted by atomic mass is 32.2. The molecule has 2 heterocycles. The molecular formula is C14H26N4O2S. The summed E-state index contributed by atoms with van der Waals surface area (Å²) in [5.41, 5.74) is 1.24. The van der Waals surface area contributed by atoms with Gasteiger partial charge in [0.1, 0.15) is 4.90 Å². The van der Waals surface area contributed by atoms with E-state index < -0.39 is 10.0 Å². The van der Waals surface area contributed by atoms with Crippen LogP contribution in [0.4, 0.5) is 0 Å². The van der Waals surface area contributed by atoms with Gasteiger partial charge in [-0.1, -0.05) is 6.92 Å². The molecule has 1 aromatic rings. The molecule has 6 nitrogen and oxygen atoms in total. The van der Waals surface area contributed by atoms with Gasteiger partial charge >= 0.3 is 0 Å². The predicted octanol–water partition coefficient (Wildman–Crippen LogP) is 1.19. The van der Waals surface area contributed by atoms with Crippen LogP contribution in [0.5, 0.6) is 0 Å². The van der Waals surface area contributed by atoms with Gasteiger partial charge in [0.05, 0.1) is 11.4 Å². The van der Waals surface area contributed by atoms with E-state index in [-0.39, 0.29) is 6.04 Å². The van der Waals surface area contributed by atoms with E-state index in [0.717, 1.165) is 38.9 Å². The van der Waals surface area contributed by atoms with Gasteiger partial charge in [-0.25, -0.2) is 13.1 Å². The number of aromatic nitrogens is 2. The maximum atomic E-state index is 12.6. The van der Waals surface area contributed by atoms with Crippen molar-refractivity contribution in [2.75, 3.05) is 19.6 Å². The van der Waals surface area contributed by atoms with Crippen molar-refractivity contribution >= 4 is 10.0 Å². The number of piperidine rings is 1. The minimum absolute atomic E-state index is 0.0297. The van der Waals surface area contributed by atoms with Crippen molar-refractivity contribution < 1.29 is 8.42 Å². The Balaban J connectivity index is 2.06. The minimum Gasteiger partial charge on any atom is -0.303 e. The summed E-state index contributed by atoms with van der Waals surface area (Å²) in [4.78, 5) is 2.73. The fourth-order valence-corrected chi connectivity index (χ4v) is 4.76. The predicted molar refractivity (Wildman–Crippen MR) is 82.8 cm³/mol. The largest absolute Gasteiger partial charge is 0.303 e. The second-order valence-electron chi connectivity index (χ2n) is 5.86. The van der Waals surface area contributed by atoms with E-state index in [4.69, 9.17) is 0 Å². The third kappa shape index (κ3) is 3.64. The van der Waals surface area contributed by atoms with Crippen molar-refractivity contribution in [3.8, 4) is 0 Å². The van der Waals surface area contributed by atoms with Gasteiger partial charge in [0.15, 0.2) is 0 Å². The van der Waals surface area contributed by atoms with E-state index >= 15 is 0 Å². The second-order valence-corrected chi connectivity index (χ2v) is 7.51. The molecule has 0 radical (unpaired) electrons. The van der Waals surface area contributed by atoms with E-state index in [1.54, 1.807) is 25.6 Å². The molecule has 0 amide bonds. The zero-order valence-electron chi connectivity index (χ0n) is 13.4. The number of hydrogen-bond donors (Lipinski definition) is 1. The van der Waals surface area contributed by atoms with Crippen LogP contribution in [0.15, 0.2) is 4.90 Å². The summed E-state index contributed by atoms with van der Waals surface area (Å²) in [5, 5.41) is 4.20. The number of rotatable bonds is 5. The Morgan fingerprint density at radius 3 is 2.38 bits per heavy atom. The SMILES string of the molecule is CCCN1CCC(NS(=O)(=O)c2c(C)nn(C)c2C)CC1. The average molecular weight is 314 g/mol. The van der Waals surface area contributed by atoms with Crippen molar-refractivity contribution in [2.24, 2.45) is 7.05 Å². The molecule has 0 aromatic carbocycles. The van der Waals surface area contributed by atoms with Gasteiger partial charge < -0.3 is 4.90 Å². The molecule has 1 fully saturated rings. The molecule has 120 valence electrons. The molecule has 1 aromatic heterocycles. The normalized spacial score (nSPS) is 18.3. The monoisotopic (exact) mass is 314 g/mol. The lowest BCUT2D eigenvalue weighted by molar-refractivity contribution is 0.208. The maximum Gasteiger partial charge on any atom is 0.244 e. The molecule has 0 aliphatic carbocycles. The lowest BCUT2D eigenvalue weighted by Gasteiger charge is -2.31. The Morgan fingerprint density at radius 2 is 1.90 bits per heavy atom. The van der Waals surface area contributed by atoms with Gasteiger partial charge in [-0.15, -0.1) is 0 Å². The quantitative estimate of drug-likeness (QED) is 0.886. The Bertz CT molecular complexity index is 586.